The van der Waals surface area contributed by atoms with Crippen LogP contribution in [0.15, 0.2) is 0 Å². The number of aliphatic hydroxyl groups is 1. The smallest absolute Gasteiger partial charge is 0.305 e. The highest BCUT2D eigenvalue weighted by molar-refractivity contribution is 5.69. The number of esters is 1. The molecular formula is C24H37F3O3. The van der Waals surface area contributed by atoms with Crippen LogP contribution in [0.2, 0.25) is 0 Å². The Hall–Kier alpha value is -0.780. The minimum Gasteiger partial charge on any atom is -0.469 e. The van der Waals surface area contributed by atoms with Crippen molar-refractivity contribution in [2.45, 2.75) is 90.3 Å². The summed E-state index contributed by atoms with van der Waals surface area (Å²) in [5.74, 6) is -4.05. The van der Waals surface area contributed by atoms with E-state index in [-0.39, 0.29) is 60.2 Å². The molecule has 0 saturated heterocycles. The van der Waals surface area contributed by atoms with Crippen LogP contribution >= 0.6 is 0 Å². The summed E-state index contributed by atoms with van der Waals surface area (Å²) >= 11 is 0. The molecule has 1 N–H and O–H groups in total. The molecule has 0 radical (unpaired) electrons. The van der Waals surface area contributed by atoms with E-state index < -0.39 is 29.5 Å². The summed E-state index contributed by atoms with van der Waals surface area (Å²) in [4.78, 5) is 11.8. The van der Waals surface area contributed by atoms with Gasteiger partial charge in [-0.15, -0.1) is 0 Å². The van der Waals surface area contributed by atoms with Crippen molar-refractivity contribution in [3.8, 4) is 0 Å². The van der Waals surface area contributed by atoms with Crippen molar-refractivity contribution in [2.75, 3.05) is 7.11 Å². The molecule has 4 aliphatic carbocycles. The molecule has 0 heterocycles. The number of alkyl halides is 3. The van der Waals surface area contributed by atoms with E-state index in [4.69, 9.17) is 4.74 Å². The Morgan fingerprint density at radius 3 is 2.47 bits per heavy atom. The molecule has 0 amide bonds. The average Bonchev–Trinajstić information content (AvgIpc) is 3.01. The van der Waals surface area contributed by atoms with Crippen LogP contribution in [0.3, 0.4) is 0 Å². The molecule has 0 spiro atoms. The van der Waals surface area contributed by atoms with E-state index in [0.717, 1.165) is 19.3 Å². The summed E-state index contributed by atoms with van der Waals surface area (Å²) in [6, 6.07) is 0. The third kappa shape index (κ3) is 3.22. The van der Waals surface area contributed by atoms with Crippen molar-refractivity contribution >= 4 is 5.97 Å². The van der Waals surface area contributed by atoms with Crippen molar-refractivity contribution in [3.63, 3.8) is 0 Å². The fourth-order valence-electron chi connectivity index (χ4n) is 8.60. The Bertz CT molecular complexity index is 685. The van der Waals surface area contributed by atoms with E-state index in [1.807, 2.05) is 13.8 Å². The van der Waals surface area contributed by atoms with Crippen LogP contribution in [0, 0.1) is 46.3 Å². The molecule has 30 heavy (non-hydrogen) atoms. The van der Waals surface area contributed by atoms with Gasteiger partial charge in [-0.1, -0.05) is 20.8 Å². The first-order valence-electron chi connectivity index (χ1n) is 11.7. The molecule has 172 valence electrons. The quantitative estimate of drug-likeness (QED) is 0.610. The van der Waals surface area contributed by atoms with Gasteiger partial charge in [0.1, 0.15) is 6.17 Å². The molecule has 0 aliphatic heterocycles. The first-order chi connectivity index (χ1) is 13.9. The van der Waals surface area contributed by atoms with E-state index in [0.29, 0.717) is 12.8 Å². The maximum Gasteiger partial charge on any atom is 0.305 e. The molecule has 4 fully saturated rings. The first-order valence-corrected chi connectivity index (χ1v) is 11.7. The number of hydrogen-bond acceptors (Lipinski definition) is 3. The molecule has 6 heteroatoms. The molecule has 3 unspecified atom stereocenters. The van der Waals surface area contributed by atoms with Crippen LogP contribution in [0.4, 0.5) is 13.2 Å². The average molecular weight is 431 g/mol. The molecule has 3 nitrogen and oxygen atoms in total. The largest absolute Gasteiger partial charge is 0.469 e. The highest BCUT2D eigenvalue weighted by atomic mass is 19.3. The Labute approximate surface area is 178 Å². The zero-order valence-corrected chi connectivity index (χ0v) is 18.7. The molecule has 0 bridgehead atoms. The van der Waals surface area contributed by atoms with Crippen LogP contribution < -0.4 is 0 Å². The second kappa shape index (κ2) is 7.38. The van der Waals surface area contributed by atoms with E-state index in [9.17, 15) is 14.3 Å². The number of carbonyl (C=O) groups excluding carboxylic acids is 1. The normalized spacial score (nSPS) is 50.7. The van der Waals surface area contributed by atoms with Crippen molar-refractivity contribution in [1.29, 1.82) is 0 Å². The summed E-state index contributed by atoms with van der Waals surface area (Å²) in [6.45, 7) is 6.22. The van der Waals surface area contributed by atoms with Crippen LogP contribution in [0.5, 0.6) is 0 Å². The first kappa shape index (κ1) is 22.4. The summed E-state index contributed by atoms with van der Waals surface area (Å²) in [5.41, 5.74) is -0.688. The summed E-state index contributed by atoms with van der Waals surface area (Å²) < 4.78 is 50.7. The molecule has 0 aromatic carbocycles. The lowest BCUT2D eigenvalue weighted by atomic mass is 9.43. The number of fused-ring (bicyclic) bond motifs is 5. The van der Waals surface area contributed by atoms with E-state index in [1.165, 1.54) is 7.11 Å². The lowest BCUT2D eigenvalue weighted by Crippen LogP contribution is -2.62. The zero-order valence-electron chi connectivity index (χ0n) is 18.7. The van der Waals surface area contributed by atoms with Gasteiger partial charge in [-0.25, -0.2) is 13.2 Å². The Kier molecular flexibility index (Phi) is 5.52. The van der Waals surface area contributed by atoms with E-state index in [2.05, 4.69) is 6.92 Å². The fourth-order valence-corrected chi connectivity index (χ4v) is 8.60. The van der Waals surface area contributed by atoms with Gasteiger partial charge in [0.05, 0.1) is 13.2 Å². The molecule has 4 aliphatic rings. The summed E-state index contributed by atoms with van der Waals surface area (Å²) in [7, 11) is 1.39. The monoisotopic (exact) mass is 430 g/mol. The van der Waals surface area contributed by atoms with E-state index >= 15 is 8.78 Å². The number of halogens is 3. The van der Waals surface area contributed by atoms with Crippen molar-refractivity contribution in [2.24, 2.45) is 46.3 Å². The Morgan fingerprint density at radius 1 is 1.13 bits per heavy atom. The molecule has 0 aromatic heterocycles. The number of methoxy groups -OCH3 is 1. The molecular weight excluding hydrogens is 393 g/mol. The van der Waals surface area contributed by atoms with Crippen molar-refractivity contribution in [3.05, 3.63) is 0 Å². The zero-order chi connectivity index (χ0) is 22.1. The van der Waals surface area contributed by atoms with Crippen LogP contribution in [0.1, 0.15) is 72.1 Å². The number of aliphatic hydroxyl groups excluding tert-OH is 1. The van der Waals surface area contributed by atoms with Gasteiger partial charge < -0.3 is 9.84 Å². The molecule has 0 aromatic rings. The molecule has 4 rings (SSSR count). The number of hydrogen-bond donors (Lipinski definition) is 1. The standard InChI is InChI=1S/C24H37F3O3/c1-13(9-20(29)30-4)15-5-6-16-21-17(7-8-22(15,16)2)23(3)12-18(25)19(28)10-14(23)11-24(21,26)27/h13-19,21,28H,5-12H2,1-4H3/t13-,14+,15-,16?,17?,18+,19-,21?,22-,23+/m1/s1. The van der Waals surface area contributed by atoms with Crippen molar-refractivity contribution < 1.29 is 27.8 Å². The third-order valence-corrected chi connectivity index (χ3v) is 10.1. The van der Waals surface area contributed by atoms with Gasteiger partial charge in [0, 0.05) is 18.8 Å². The Morgan fingerprint density at radius 2 is 1.80 bits per heavy atom. The van der Waals surface area contributed by atoms with Gasteiger partial charge in [0.25, 0.3) is 5.92 Å². The summed E-state index contributed by atoms with van der Waals surface area (Å²) in [5, 5.41) is 10.0. The highest BCUT2D eigenvalue weighted by Gasteiger charge is 2.68. The number of ether oxygens (including phenoxy) is 1. The topological polar surface area (TPSA) is 46.5 Å². The van der Waals surface area contributed by atoms with E-state index in [1.54, 1.807) is 0 Å². The maximum absolute atomic E-state index is 15.7. The summed E-state index contributed by atoms with van der Waals surface area (Å²) in [6.07, 6.45) is 1.17. The van der Waals surface area contributed by atoms with Crippen LogP contribution in [-0.2, 0) is 9.53 Å². The highest BCUT2D eigenvalue weighted by Crippen LogP contribution is 2.71. The van der Waals surface area contributed by atoms with Crippen LogP contribution in [0.25, 0.3) is 0 Å². The maximum atomic E-state index is 15.7. The second-order valence-electron chi connectivity index (χ2n) is 11.4. The second-order valence-corrected chi connectivity index (χ2v) is 11.4. The van der Waals surface area contributed by atoms with Gasteiger partial charge in [-0.05, 0) is 78.9 Å². The van der Waals surface area contributed by atoms with Gasteiger partial charge in [0.2, 0.25) is 0 Å². The SMILES string of the molecule is COC(=O)C[C@@H](C)[C@H]1CCC2C3C(CC[C@@]21C)[C@@]1(C)C[C@H](F)[C@H](O)C[C@H]1CC3(F)F. The number of rotatable bonds is 3. The van der Waals surface area contributed by atoms with Gasteiger partial charge >= 0.3 is 5.97 Å². The number of carbonyl (C=O) groups is 1. The molecule has 10 atom stereocenters. The third-order valence-electron chi connectivity index (χ3n) is 10.1. The minimum atomic E-state index is -2.79. The van der Waals surface area contributed by atoms with Gasteiger partial charge in [-0.3, -0.25) is 4.79 Å². The lowest BCUT2D eigenvalue weighted by Gasteiger charge is -2.63. The van der Waals surface area contributed by atoms with Crippen LogP contribution in [-0.4, -0.2) is 36.4 Å². The Balaban J connectivity index is 1.63. The lowest BCUT2D eigenvalue weighted by molar-refractivity contribution is -0.244. The molecule has 4 saturated carbocycles. The van der Waals surface area contributed by atoms with Gasteiger partial charge in [0.15, 0.2) is 0 Å². The predicted molar refractivity (Wildman–Crippen MR) is 108 cm³/mol. The predicted octanol–water partition coefficient (Wildman–Crippen LogP) is 5.40. The van der Waals surface area contributed by atoms with Gasteiger partial charge in [-0.2, -0.15) is 0 Å². The van der Waals surface area contributed by atoms with Crippen molar-refractivity contribution in [1.82, 2.24) is 0 Å². The minimum absolute atomic E-state index is 0.0981. The fraction of sp³-hybridized carbons (Fsp3) is 0.958.